The predicted molar refractivity (Wildman–Crippen MR) is 63.2 cm³/mol. The van der Waals surface area contributed by atoms with Gasteiger partial charge in [-0.2, -0.15) is 0 Å². The predicted octanol–water partition coefficient (Wildman–Crippen LogP) is 2.89. The monoisotopic (exact) mass is 254 g/mol. The van der Waals surface area contributed by atoms with Crippen molar-refractivity contribution >= 4 is 5.78 Å². The highest BCUT2D eigenvalue weighted by atomic mass is 19.1. The molecule has 1 unspecified atom stereocenters. The van der Waals surface area contributed by atoms with E-state index < -0.39 is 17.7 Å². The largest absolute Gasteiger partial charge is 0.370 e. The molecule has 1 aliphatic carbocycles. The molecule has 1 saturated carbocycles. The van der Waals surface area contributed by atoms with Crippen molar-refractivity contribution in [2.45, 2.75) is 32.3 Å². The molecule has 0 saturated heterocycles. The van der Waals surface area contributed by atoms with E-state index in [1.54, 1.807) is 0 Å². The molecule has 0 N–H and O–H groups in total. The van der Waals surface area contributed by atoms with Gasteiger partial charge in [-0.25, -0.2) is 8.78 Å². The van der Waals surface area contributed by atoms with E-state index in [4.69, 9.17) is 4.74 Å². The second kappa shape index (κ2) is 5.57. The Balaban J connectivity index is 2.10. The van der Waals surface area contributed by atoms with Crippen molar-refractivity contribution in [1.82, 2.24) is 0 Å². The molecule has 18 heavy (non-hydrogen) atoms. The molecule has 1 atom stereocenters. The molecular weight excluding hydrogens is 238 g/mol. The molecule has 0 spiro atoms. The van der Waals surface area contributed by atoms with Crippen LogP contribution in [0, 0.1) is 17.6 Å². The van der Waals surface area contributed by atoms with E-state index in [0.29, 0.717) is 6.61 Å². The van der Waals surface area contributed by atoms with Crippen LogP contribution in [0.1, 0.15) is 25.3 Å². The molecule has 1 fully saturated rings. The van der Waals surface area contributed by atoms with Crippen LogP contribution in [0.2, 0.25) is 0 Å². The third kappa shape index (κ3) is 2.93. The number of ether oxygens (including phenoxy) is 1. The zero-order valence-electron chi connectivity index (χ0n) is 10.3. The summed E-state index contributed by atoms with van der Waals surface area (Å²) in [5.41, 5.74) is -0.159. The normalized spacial score (nSPS) is 16.6. The molecule has 0 bridgehead atoms. The number of rotatable bonds is 6. The maximum absolute atomic E-state index is 13.4. The fourth-order valence-corrected chi connectivity index (χ4v) is 2.05. The minimum Gasteiger partial charge on any atom is -0.370 e. The van der Waals surface area contributed by atoms with Crippen molar-refractivity contribution in [2.75, 3.05) is 6.61 Å². The van der Waals surface area contributed by atoms with Crippen LogP contribution < -0.4 is 0 Å². The average molecular weight is 254 g/mol. The van der Waals surface area contributed by atoms with Gasteiger partial charge in [0.25, 0.3) is 0 Å². The number of hydrogen-bond donors (Lipinski definition) is 0. The zero-order chi connectivity index (χ0) is 13.1. The Kier molecular flexibility index (Phi) is 4.07. The second-order valence-corrected chi connectivity index (χ2v) is 4.56. The summed E-state index contributed by atoms with van der Waals surface area (Å²) in [5.74, 6) is -1.35. The molecule has 4 heteroatoms. The van der Waals surface area contributed by atoms with E-state index in [2.05, 4.69) is 0 Å². The summed E-state index contributed by atoms with van der Waals surface area (Å²) in [6.07, 6.45) is 1.17. The molecule has 0 amide bonds. The van der Waals surface area contributed by atoms with Gasteiger partial charge in [-0.1, -0.05) is 6.07 Å². The van der Waals surface area contributed by atoms with Crippen LogP contribution in [-0.2, 0) is 16.0 Å². The number of carbonyl (C=O) groups excluding carboxylic acids is 1. The van der Waals surface area contributed by atoms with E-state index >= 15 is 0 Å². The van der Waals surface area contributed by atoms with Crippen LogP contribution in [0.15, 0.2) is 18.2 Å². The number of benzene rings is 1. The summed E-state index contributed by atoms with van der Waals surface area (Å²) in [5, 5.41) is 0. The van der Waals surface area contributed by atoms with Gasteiger partial charge in [-0.3, -0.25) is 4.79 Å². The van der Waals surface area contributed by atoms with Crippen molar-refractivity contribution in [1.29, 1.82) is 0 Å². The van der Waals surface area contributed by atoms with Gasteiger partial charge >= 0.3 is 0 Å². The minimum atomic E-state index is -0.672. The minimum absolute atomic E-state index is 0.159. The first kappa shape index (κ1) is 13.1. The van der Waals surface area contributed by atoms with E-state index in [1.807, 2.05) is 6.92 Å². The highest BCUT2D eigenvalue weighted by Gasteiger charge is 2.36. The maximum Gasteiger partial charge on any atom is 0.166 e. The molecule has 1 aliphatic rings. The first-order chi connectivity index (χ1) is 8.63. The molecule has 1 aromatic rings. The standard InChI is InChI=1S/C14H16F2O2/c1-2-18-14(9-6-7-9)13(17)8-10-11(15)4-3-5-12(10)16/h3-5,9,14H,2,6-8H2,1H3. The van der Waals surface area contributed by atoms with Gasteiger partial charge in [-0.15, -0.1) is 0 Å². The summed E-state index contributed by atoms with van der Waals surface area (Å²) in [6.45, 7) is 2.25. The molecule has 0 radical (unpaired) electrons. The van der Waals surface area contributed by atoms with Crippen LogP contribution in [0.5, 0.6) is 0 Å². The Morgan fingerprint density at radius 1 is 1.39 bits per heavy atom. The van der Waals surface area contributed by atoms with Crippen molar-refractivity contribution in [2.24, 2.45) is 5.92 Å². The van der Waals surface area contributed by atoms with E-state index in [-0.39, 0.29) is 23.7 Å². The Morgan fingerprint density at radius 3 is 2.50 bits per heavy atom. The lowest BCUT2D eigenvalue weighted by Crippen LogP contribution is -2.28. The SMILES string of the molecule is CCOC(C(=O)Cc1c(F)cccc1F)C1CC1. The van der Waals surface area contributed by atoms with E-state index in [9.17, 15) is 13.6 Å². The summed E-state index contributed by atoms with van der Waals surface area (Å²) in [7, 11) is 0. The van der Waals surface area contributed by atoms with Gasteiger partial charge in [0.05, 0.1) is 0 Å². The second-order valence-electron chi connectivity index (χ2n) is 4.56. The van der Waals surface area contributed by atoms with Crippen molar-refractivity contribution in [3.05, 3.63) is 35.4 Å². The summed E-state index contributed by atoms with van der Waals surface area (Å²) in [6, 6.07) is 3.62. The first-order valence-electron chi connectivity index (χ1n) is 6.20. The third-order valence-electron chi connectivity index (χ3n) is 3.13. The first-order valence-corrected chi connectivity index (χ1v) is 6.20. The van der Waals surface area contributed by atoms with Crippen LogP contribution in [0.3, 0.4) is 0 Å². The summed E-state index contributed by atoms with van der Waals surface area (Å²) >= 11 is 0. The smallest absolute Gasteiger partial charge is 0.166 e. The van der Waals surface area contributed by atoms with Crippen LogP contribution in [-0.4, -0.2) is 18.5 Å². The fraction of sp³-hybridized carbons (Fsp3) is 0.500. The quantitative estimate of drug-likeness (QED) is 0.780. The number of ketones is 1. The van der Waals surface area contributed by atoms with Crippen LogP contribution in [0.4, 0.5) is 8.78 Å². The number of halogens is 2. The average Bonchev–Trinajstić information content (AvgIpc) is 3.15. The molecule has 1 aromatic carbocycles. The zero-order valence-corrected chi connectivity index (χ0v) is 10.3. The highest BCUT2D eigenvalue weighted by Crippen LogP contribution is 2.35. The third-order valence-corrected chi connectivity index (χ3v) is 3.13. The van der Waals surface area contributed by atoms with Crippen molar-refractivity contribution < 1.29 is 18.3 Å². The van der Waals surface area contributed by atoms with Crippen molar-refractivity contribution in [3.63, 3.8) is 0 Å². The van der Waals surface area contributed by atoms with Gasteiger partial charge in [0.2, 0.25) is 0 Å². The van der Waals surface area contributed by atoms with Gasteiger partial charge in [0, 0.05) is 18.6 Å². The van der Waals surface area contributed by atoms with E-state index in [0.717, 1.165) is 12.8 Å². The van der Waals surface area contributed by atoms with Crippen LogP contribution >= 0.6 is 0 Å². The van der Waals surface area contributed by atoms with Crippen molar-refractivity contribution in [3.8, 4) is 0 Å². The number of Topliss-reactive ketones (excluding diaryl/α,β-unsaturated/α-hetero) is 1. The Bertz CT molecular complexity index is 421. The van der Waals surface area contributed by atoms with Gasteiger partial charge in [0.15, 0.2) is 5.78 Å². The molecule has 0 heterocycles. The molecule has 0 aliphatic heterocycles. The molecule has 98 valence electrons. The van der Waals surface area contributed by atoms with Gasteiger partial charge < -0.3 is 4.74 Å². The van der Waals surface area contributed by atoms with E-state index in [1.165, 1.54) is 18.2 Å². The Hall–Kier alpha value is -1.29. The lowest BCUT2D eigenvalue weighted by Gasteiger charge is -2.15. The lowest BCUT2D eigenvalue weighted by molar-refractivity contribution is -0.131. The Morgan fingerprint density at radius 2 is 2.00 bits per heavy atom. The molecule has 2 rings (SSSR count). The number of hydrogen-bond acceptors (Lipinski definition) is 2. The van der Waals surface area contributed by atoms with Gasteiger partial charge in [-0.05, 0) is 37.8 Å². The molecule has 0 aromatic heterocycles. The number of carbonyl (C=O) groups is 1. The summed E-state index contributed by atoms with van der Waals surface area (Å²) in [4.78, 5) is 12.0. The molecule has 2 nitrogen and oxygen atoms in total. The lowest BCUT2D eigenvalue weighted by atomic mass is 10.0. The summed E-state index contributed by atoms with van der Waals surface area (Å²) < 4.78 is 32.3. The fourth-order valence-electron chi connectivity index (χ4n) is 2.05. The van der Waals surface area contributed by atoms with Crippen LogP contribution in [0.25, 0.3) is 0 Å². The maximum atomic E-state index is 13.4. The Labute approximate surface area is 105 Å². The highest BCUT2D eigenvalue weighted by molar-refractivity contribution is 5.86. The van der Waals surface area contributed by atoms with Gasteiger partial charge in [0.1, 0.15) is 17.7 Å². The molecular formula is C14H16F2O2. The topological polar surface area (TPSA) is 26.3 Å².